The second-order valence-corrected chi connectivity index (χ2v) is 2.65. The fourth-order valence-electron chi connectivity index (χ4n) is 1.25. The summed E-state index contributed by atoms with van der Waals surface area (Å²) in [5.41, 5.74) is 0. The molecule has 0 saturated carbocycles. The number of hydrogen-bond donors (Lipinski definition) is 1. The highest BCUT2D eigenvalue weighted by molar-refractivity contribution is 4.69. The minimum absolute atomic E-state index is 0.344. The summed E-state index contributed by atoms with van der Waals surface area (Å²) in [5.74, 6) is 0.789. The smallest absolute Gasteiger partial charge is 0.0431 e. The highest BCUT2D eigenvalue weighted by atomic mass is 16.2. The van der Waals surface area contributed by atoms with Crippen LogP contribution >= 0.6 is 0 Å². The van der Waals surface area contributed by atoms with Gasteiger partial charge in [-0.05, 0) is 25.2 Å². The van der Waals surface area contributed by atoms with Crippen LogP contribution in [-0.4, -0.2) is 24.8 Å². The van der Waals surface area contributed by atoms with Gasteiger partial charge in [0.1, 0.15) is 0 Å². The molecule has 1 rings (SSSR count). The monoisotopic (exact) mass is 128 g/mol. The van der Waals surface area contributed by atoms with Gasteiger partial charge in [-0.25, -0.2) is 5.32 Å². The highest BCUT2D eigenvalue weighted by Gasteiger charge is 2.13. The van der Waals surface area contributed by atoms with Crippen molar-refractivity contribution in [1.29, 1.82) is 0 Å². The summed E-state index contributed by atoms with van der Waals surface area (Å²) >= 11 is 0. The quantitative estimate of drug-likeness (QED) is 0.586. The van der Waals surface area contributed by atoms with E-state index in [0.717, 1.165) is 25.4 Å². The fourth-order valence-corrected chi connectivity index (χ4v) is 1.25. The molecule has 1 unspecified atom stereocenters. The van der Waals surface area contributed by atoms with Crippen LogP contribution in [0.1, 0.15) is 19.3 Å². The molecule has 0 bridgehead atoms. The molecule has 1 aliphatic heterocycles. The maximum Gasteiger partial charge on any atom is 0.0431 e. The maximum atomic E-state index is 8.50. The topological polar surface area (TPSA) is 34.3 Å². The summed E-state index contributed by atoms with van der Waals surface area (Å²) in [6.45, 7) is 2.44. The van der Waals surface area contributed by atoms with Crippen molar-refractivity contribution in [3.8, 4) is 0 Å². The van der Waals surface area contributed by atoms with Gasteiger partial charge >= 0.3 is 0 Å². The van der Waals surface area contributed by atoms with Gasteiger partial charge in [0.25, 0.3) is 0 Å². The Kier molecular flexibility index (Phi) is 3.01. The average Bonchev–Trinajstić information content (AvgIpc) is 2.34. The van der Waals surface area contributed by atoms with E-state index >= 15 is 0 Å². The number of aliphatic hydroxyl groups excluding tert-OH is 1. The third-order valence-electron chi connectivity index (χ3n) is 1.85. The van der Waals surface area contributed by atoms with E-state index in [1.165, 1.54) is 12.8 Å². The lowest BCUT2D eigenvalue weighted by molar-refractivity contribution is 0.273. The molecule has 0 aromatic rings. The summed E-state index contributed by atoms with van der Waals surface area (Å²) in [4.78, 5) is 0. The van der Waals surface area contributed by atoms with Gasteiger partial charge < -0.3 is 5.11 Å². The Morgan fingerprint density at radius 3 is 3.00 bits per heavy atom. The third kappa shape index (κ3) is 2.33. The number of nitrogens with zero attached hydrogens (tertiary/aromatic N) is 1. The van der Waals surface area contributed by atoms with Crippen LogP contribution in [0.3, 0.4) is 0 Å². The van der Waals surface area contributed by atoms with E-state index in [4.69, 9.17) is 5.11 Å². The third-order valence-corrected chi connectivity index (χ3v) is 1.85. The normalized spacial score (nSPS) is 27.0. The molecular formula is C7H14NO. The lowest BCUT2D eigenvalue weighted by Gasteiger charge is -2.03. The van der Waals surface area contributed by atoms with Crippen molar-refractivity contribution in [3.63, 3.8) is 0 Å². The van der Waals surface area contributed by atoms with Crippen LogP contribution in [-0.2, 0) is 0 Å². The molecule has 1 atom stereocenters. The first kappa shape index (κ1) is 7.03. The zero-order chi connectivity index (χ0) is 6.53. The van der Waals surface area contributed by atoms with Gasteiger partial charge in [0.2, 0.25) is 0 Å². The molecule has 53 valence electrons. The van der Waals surface area contributed by atoms with E-state index in [2.05, 4.69) is 5.32 Å². The zero-order valence-corrected chi connectivity index (χ0v) is 5.71. The van der Waals surface area contributed by atoms with Crippen LogP contribution in [0.5, 0.6) is 0 Å². The average molecular weight is 128 g/mol. The first-order valence-corrected chi connectivity index (χ1v) is 3.67. The number of aliphatic hydroxyl groups is 1. The van der Waals surface area contributed by atoms with Crippen LogP contribution < -0.4 is 5.32 Å². The Balaban J connectivity index is 1.98. The molecule has 9 heavy (non-hydrogen) atoms. The fraction of sp³-hybridized carbons (Fsp3) is 1.00. The van der Waals surface area contributed by atoms with Gasteiger partial charge in [-0.1, -0.05) is 0 Å². The summed E-state index contributed by atoms with van der Waals surface area (Å²) in [5, 5.41) is 12.7. The van der Waals surface area contributed by atoms with Crippen molar-refractivity contribution < 1.29 is 5.11 Å². The Morgan fingerprint density at radius 2 is 2.44 bits per heavy atom. The van der Waals surface area contributed by atoms with Gasteiger partial charge in [0.05, 0.1) is 0 Å². The van der Waals surface area contributed by atoms with Crippen molar-refractivity contribution in [3.05, 3.63) is 0 Å². The standard InChI is InChI=1S/C7H14NO/c9-5-1-2-7-3-4-8-6-7/h7,9H,1-6H2. The summed E-state index contributed by atoms with van der Waals surface area (Å²) in [7, 11) is 0. The van der Waals surface area contributed by atoms with Crippen molar-refractivity contribution >= 4 is 0 Å². The molecule has 1 fully saturated rings. The second-order valence-electron chi connectivity index (χ2n) is 2.65. The van der Waals surface area contributed by atoms with E-state index in [1.807, 2.05) is 0 Å². The Labute approximate surface area is 56.3 Å². The largest absolute Gasteiger partial charge is 0.396 e. The van der Waals surface area contributed by atoms with Gasteiger partial charge in [-0.2, -0.15) is 0 Å². The summed E-state index contributed by atoms with van der Waals surface area (Å²) in [6, 6.07) is 0. The number of rotatable bonds is 3. The second kappa shape index (κ2) is 3.85. The molecule has 1 aliphatic rings. The number of hydrogen-bond acceptors (Lipinski definition) is 1. The summed E-state index contributed by atoms with van der Waals surface area (Å²) in [6.07, 6.45) is 3.38. The molecule has 1 saturated heterocycles. The molecule has 0 amide bonds. The Hall–Kier alpha value is -0.0800. The van der Waals surface area contributed by atoms with E-state index in [-0.39, 0.29) is 0 Å². The SMILES string of the molecule is OCCCC1CC[N]C1. The molecule has 1 heterocycles. The van der Waals surface area contributed by atoms with E-state index in [0.29, 0.717) is 6.61 Å². The minimum Gasteiger partial charge on any atom is -0.396 e. The molecule has 2 nitrogen and oxygen atoms in total. The van der Waals surface area contributed by atoms with Crippen LogP contribution in [0.15, 0.2) is 0 Å². The van der Waals surface area contributed by atoms with Crippen molar-refractivity contribution in [1.82, 2.24) is 5.32 Å². The summed E-state index contributed by atoms with van der Waals surface area (Å²) < 4.78 is 0. The molecule has 0 aromatic carbocycles. The predicted molar refractivity (Wildman–Crippen MR) is 36.3 cm³/mol. The van der Waals surface area contributed by atoms with Gasteiger partial charge in [0, 0.05) is 19.7 Å². The molecule has 0 aromatic heterocycles. The molecular weight excluding hydrogens is 114 g/mol. The lowest BCUT2D eigenvalue weighted by atomic mass is 10.0. The first-order chi connectivity index (χ1) is 4.43. The van der Waals surface area contributed by atoms with E-state index in [9.17, 15) is 0 Å². The molecule has 1 N–H and O–H groups in total. The molecule has 0 aliphatic carbocycles. The van der Waals surface area contributed by atoms with Gasteiger partial charge in [-0.3, -0.25) is 0 Å². The first-order valence-electron chi connectivity index (χ1n) is 3.67. The van der Waals surface area contributed by atoms with Crippen LogP contribution in [0.25, 0.3) is 0 Å². The van der Waals surface area contributed by atoms with E-state index in [1.54, 1.807) is 0 Å². The van der Waals surface area contributed by atoms with Gasteiger partial charge in [-0.15, -0.1) is 0 Å². The van der Waals surface area contributed by atoms with Crippen LogP contribution in [0.4, 0.5) is 0 Å². The van der Waals surface area contributed by atoms with Gasteiger partial charge in [0.15, 0.2) is 0 Å². The predicted octanol–water partition coefficient (Wildman–Crippen LogP) is 0.383. The minimum atomic E-state index is 0.344. The molecule has 0 spiro atoms. The Bertz CT molecular complexity index is 69.3. The highest BCUT2D eigenvalue weighted by Crippen LogP contribution is 2.14. The van der Waals surface area contributed by atoms with Crippen molar-refractivity contribution in [2.45, 2.75) is 19.3 Å². The maximum absolute atomic E-state index is 8.50. The lowest BCUT2D eigenvalue weighted by Crippen LogP contribution is -2.03. The van der Waals surface area contributed by atoms with Crippen LogP contribution in [0.2, 0.25) is 0 Å². The Morgan fingerprint density at radius 1 is 1.56 bits per heavy atom. The van der Waals surface area contributed by atoms with Crippen molar-refractivity contribution in [2.75, 3.05) is 19.7 Å². The van der Waals surface area contributed by atoms with Crippen LogP contribution in [0, 0.1) is 5.92 Å². The van der Waals surface area contributed by atoms with Crippen molar-refractivity contribution in [2.24, 2.45) is 5.92 Å². The van der Waals surface area contributed by atoms with E-state index < -0.39 is 0 Å². The molecule has 1 radical (unpaired) electrons. The zero-order valence-electron chi connectivity index (χ0n) is 5.71. The molecule has 2 heteroatoms.